The number of benzene rings is 1. The molecule has 2 amide bonds. The molecule has 1 aliphatic rings. The maximum Gasteiger partial charge on any atom is 0.267 e. The number of thiocarbonyl (C=S) groups is 1. The fourth-order valence-electron chi connectivity index (χ4n) is 2.82. The van der Waals surface area contributed by atoms with Crippen LogP contribution in [-0.2, 0) is 16.0 Å². The molecule has 2 heterocycles. The number of rotatable bonds is 7. The lowest BCUT2D eigenvalue weighted by molar-refractivity contribution is -0.132. The van der Waals surface area contributed by atoms with Crippen LogP contribution in [0.1, 0.15) is 18.2 Å². The van der Waals surface area contributed by atoms with E-state index in [0.29, 0.717) is 21.4 Å². The predicted molar refractivity (Wildman–Crippen MR) is 112 cm³/mol. The van der Waals surface area contributed by atoms with Crippen LogP contribution in [0.5, 0.6) is 0 Å². The van der Waals surface area contributed by atoms with E-state index in [2.05, 4.69) is 5.32 Å². The number of nitrogens with one attached hydrogen (secondary N) is 1. The average Bonchev–Trinajstić information content (AvgIpc) is 3.29. The number of aliphatic hydroxyl groups is 1. The van der Waals surface area contributed by atoms with Gasteiger partial charge in [0.05, 0.1) is 23.8 Å². The largest absolute Gasteiger partial charge is 0.465 e. The third kappa shape index (κ3) is 4.70. The van der Waals surface area contributed by atoms with Crippen molar-refractivity contribution in [2.45, 2.75) is 25.4 Å². The zero-order valence-corrected chi connectivity index (χ0v) is 16.8. The molecule has 146 valence electrons. The van der Waals surface area contributed by atoms with Crippen LogP contribution in [0.15, 0.2) is 58.1 Å². The molecule has 1 aromatic heterocycles. The molecule has 6 nitrogen and oxygen atoms in total. The summed E-state index contributed by atoms with van der Waals surface area (Å²) in [7, 11) is 0. The first kappa shape index (κ1) is 20.3. The zero-order valence-electron chi connectivity index (χ0n) is 15.2. The molecular weight excluding hydrogens is 396 g/mol. The van der Waals surface area contributed by atoms with Gasteiger partial charge in [-0.1, -0.05) is 54.3 Å². The highest BCUT2D eigenvalue weighted by atomic mass is 32.2. The van der Waals surface area contributed by atoms with Crippen molar-refractivity contribution in [1.82, 2.24) is 10.2 Å². The van der Waals surface area contributed by atoms with Crippen molar-refractivity contribution in [3.8, 4) is 0 Å². The summed E-state index contributed by atoms with van der Waals surface area (Å²) in [6.45, 7) is 1.41. The summed E-state index contributed by atoms with van der Waals surface area (Å²) < 4.78 is 5.55. The van der Waals surface area contributed by atoms with Crippen molar-refractivity contribution >= 4 is 46.2 Å². The number of aliphatic hydroxyl groups excluding tert-OH is 1. The van der Waals surface area contributed by atoms with Crippen LogP contribution in [0, 0.1) is 0 Å². The summed E-state index contributed by atoms with van der Waals surface area (Å²) in [5.74, 6) is -0.163. The molecule has 8 heteroatoms. The molecular formula is C20H20N2O4S2. The Morgan fingerprint density at radius 3 is 2.71 bits per heavy atom. The number of carbonyl (C=O) groups excluding carboxylic acids is 2. The van der Waals surface area contributed by atoms with Crippen LogP contribution in [0.2, 0.25) is 0 Å². The van der Waals surface area contributed by atoms with Gasteiger partial charge >= 0.3 is 0 Å². The van der Waals surface area contributed by atoms with Gasteiger partial charge in [0.25, 0.3) is 5.91 Å². The van der Waals surface area contributed by atoms with Gasteiger partial charge in [0.1, 0.15) is 16.1 Å². The molecule has 0 spiro atoms. The van der Waals surface area contributed by atoms with E-state index in [1.54, 1.807) is 25.1 Å². The Balaban J connectivity index is 1.66. The van der Waals surface area contributed by atoms with Crippen molar-refractivity contribution in [1.29, 1.82) is 0 Å². The van der Waals surface area contributed by atoms with Gasteiger partial charge in [-0.05, 0) is 31.0 Å². The van der Waals surface area contributed by atoms with Crippen LogP contribution < -0.4 is 5.32 Å². The molecule has 0 unspecified atom stereocenters. The van der Waals surface area contributed by atoms with E-state index in [-0.39, 0.29) is 18.4 Å². The molecule has 0 saturated carbocycles. The van der Waals surface area contributed by atoms with Crippen LogP contribution >= 0.6 is 24.0 Å². The molecule has 0 radical (unpaired) electrons. The predicted octanol–water partition coefficient (Wildman–Crippen LogP) is 2.59. The summed E-state index contributed by atoms with van der Waals surface area (Å²) in [6.07, 6.45) is 3.62. The minimum absolute atomic E-state index is 0.204. The molecule has 1 aliphatic heterocycles. The summed E-state index contributed by atoms with van der Waals surface area (Å²) in [4.78, 5) is 27.1. The number of carbonyl (C=O) groups is 2. The maximum atomic E-state index is 12.7. The Morgan fingerprint density at radius 1 is 1.32 bits per heavy atom. The van der Waals surface area contributed by atoms with Gasteiger partial charge in [-0.15, -0.1) is 0 Å². The summed E-state index contributed by atoms with van der Waals surface area (Å²) >= 11 is 6.43. The SMILES string of the molecule is C[C@@H](C(=O)N[C@@H](CO)Cc1ccccc1)N1C(=O)/C(=C/c2ccco2)SC1=S. The molecule has 1 saturated heterocycles. The van der Waals surface area contributed by atoms with Gasteiger partial charge in [0, 0.05) is 6.08 Å². The minimum Gasteiger partial charge on any atom is -0.465 e. The van der Waals surface area contributed by atoms with E-state index in [1.165, 1.54) is 11.2 Å². The first-order valence-electron chi connectivity index (χ1n) is 8.75. The van der Waals surface area contributed by atoms with Crippen molar-refractivity contribution < 1.29 is 19.1 Å². The smallest absolute Gasteiger partial charge is 0.267 e. The van der Waals surface area contributed by atoms with Gasteiger partial charge in [0.15, 0.2) is 0 Å². The Morgan fingerprint density at radius 2 is 2.07 bits per heavy atom. The number of nitrogens with zero attached hydrogens (tertiary/aromatic N) is 1. The second-order valence-electron chi connectivity index (χ2n) is 6.32. The van der Waals surface area contributed by atoms with Gasteiger partial charge in [-0.2, -0.15) is 0 Å². The van der Waals surface area contributed by atoms with E-state index in [4.69, 9.17) is 16.6 Å². The topological polar surface area (TPSA) is 82.8 Å². The third-order valence-corrected chi connectivity index (χ3v) is 5.63. The first-order chi connectivity index (χ1) is 13.5. The van der Waals surface area contributed by atoms with E-state index >= 15 is 0 Å². The minimum atomic E-state index is -0.792. The van der Waals surface area contributed by atoms with Crippen molar-refractivity contribution in [2.75, 3.05) is 6.61 Å². The standard InChI is InChI=1S/C20H20N2O4S2/c1-13(18(24)21-15(12-23)10-14-6-3-2-4-7-14)22-19(25)17(28-20(22)27)11-16-8-5-9-26-16/h2-9,11,13,15,23H,10,12H2,1H3,(H,21,24)/b17-11-/t13-,15+/m0/s1. The van der Waals surface area contributed by atoms with Crippen LogP contribution in [0.4, 0.5) is 0 Å². The van der Waals surface area contributed by atoms with E-state index < -0.39 is 12.1 Å². The lowest BCUT2D eigenvalue weighted by atomic mass is 10.1. The molecule has 0 aliphatic carbocycles. The van der Waals surface area contributed by atoms with Gasteiger partial charge in [-0.3, -0.25) is 14.5 Å². The highest BCUT2D eigenvalue weighted by Gasteiger charge is 2.38. The monoisotopic (exact) mass is 416 g/mol. The second-order valence-corrected chi connectivity index (χ2v) is 8.00. The van der Waals surface area contributed by atoms with E-state index in [0.717, 1.165) is 17.3 Å². The van der Waals surface area contributed by atoms with E-state index in [9.17, 15) is 14.7 Å². The van der Waals surface area contributed by atoms with Crippen LogP contribution in [0.3, 0.4) is 0 Å². The maximum absolute atomic E-state index is 12.7. The number of amides is 2. The van der Waals surface area contributed by atoms with Gasteiger partial charge in [0.2, 0.25) is 5.91 Å². The third-order valence-electron chi connectivity index (χ3n) is 4.30. The summed E-state index contributed by atoms with van der Waals surface area (Å²) in [5.41, 5.74) is 1.00. The molecule has 2 aromatic rings. The first-order valence-corrected chi connectivity index (χ1v) is 9.97. The average molecular weight is 417 g/mol. The molecule has 2 N–H and O–H groups in total. The Hall–Kier alpha value is -2.42. The Kier molecular flexibility index (Phi) is 6.66. The number of hydrogen-bond donors (Lipinski definition) is 2. The molecule has 0 bridgehead atoms. The van der Waals surface area contributed by atoms with Gasteiger partial charge in [-0.25, -0.2) is 0 Å². The van der Waals surface area contributed by atoms with Crippen LogP contribution in [0.25, 0.3) is 6.08 Å². The highest BCUT2D eigenvalue weighted by molar-refractivity contribution is 8.26. The number of hydrogen-bond acceptors (Lipinski definition) is 6. The molecule has 28 heavy (non-hydrogen) atoms. The zero-order chi connectivity index (χ0) is 20.1. The van der Waals surface area contributed by atoms with E-state index in [1.807, 2.05) is 30.3 Å². The summed E-state index contributed by atoms with van der Waals surface area (Å²) in [5, 5.41) is 12.4. The quantitative estimate of drug-likeness (QED) is 0.533. The Labute approximate surface area is 172 Å². The van der Waals surface area contributed by atoms with Gasteiger partial charge < -0.3 is 14.8 Å². The molecule has 1 fully saturated rings. The fourth-order valence-corrected chi connectivity index (χ4v) is 4.21. The molecule has 2 atom stereocenters. The van der Waals surface area contributed by atoms with Crippen LogP contribution in [-0.4, -0.2) is 44.8 Å². The van der Waals surface area contributed by atoms with Crippen molar-refractivity contribution in [3.05, 3.63) is 65.0 Å². The lowest BCUT2D eigenvalue weighted by Gasteiger charge is -2.25. The highest BCUT2D eigenvalue weighted by Crippen LogP contribution is 2.34. The Bertz CT molecular complexity index is 881. The number of thioether (sulfide) groups is 1. The van der Waals surface area contributed by atoms with Crippen molar-refractivity contribution in [2.24, 2.45) is 0 Å². The summed E-state index contributed by atoms with van der Waals surface area (Å²) in [6, 6.07) is 11.8. The lowest BCUT2D eigenvalue weighted by Crippen LogP contribution is -2.51. The molecule has 1 aromatic carbocycles. The molecule has 3 rings (SSSR count). The fraction of sp³-hybridized carbons (Fsp3) is 0.250. The normalized spacial score (nSPS) is 17.8. The van der Waals surface area contributed by atoms with Crippen molar-refractivity contribution in [3.63, 3.8) is 0 Å². The second kappa shape index (κ2) is 9.18. The number of furan rings is 1.